The smallest absolute Gasteiger partial charge is 0.315 e. The highest BCUT2D eigenvalue weighted by atomic mass is 16.2. The van der Waals surface area contributed by atoms with Crippen LogP contribution in [0.3, 0.4) is 0 Å². The van der Waals surface area contributed by atoms with E-state index in [-0.39, 0.29) is 18.0 Å². The Labute approximate surface area is 143 Å². The first-order valence-electron chi connectivity index (χ1n) is 8.92. The van der Waals surface area contributed by atoms with Gasteiger partial charge in [-0.3, -0.25) is 9.78 Å². The van der Waals surface area contributed by atoms with Crippen molar-refractivity contribution in [3.05, 3.63) is 24.5 Å². The number of pyridine rings is 1. The van der Waals surface area contributed by atoms with Crippen LogP contribution >= 0.6 is 0 Å². The zero-order valence-corrected chi connectivity index (χ0v) is 14.2. The molecule has 24 heavy (non-hydrogen) atoms. The number of hydrogen-bond acceptors (Lipinski definition) is 3. The largest absolute Gasteiger partial charge is 0.335 e. The SMILES string of the molecule is C[C@@H]1CCC[C@H](NC(=O)N[C@@H]2CCCN(c3cccnc3)C2=O)C1. The molecule has 3 atom stereocenters. The molecule has 2 heterocycles. The number of carbonyl (C=O) groups excluding carboxylic acids is 2. The summed E-state index contributed by atoms with van der Waals surface area (Å²) in [5.74, 6) is 0.600. The number of rotatable bonds is 3. The molecule has 0 radical (unpaired) electrons. The van der Waals surface area contributed by atoms with Crippen LogP contribution in [0.4, 0.5) is 10.5 Å². The molecule has 6 nitrogen and oxygen atoms in total. The Bertz CT molecular complexity index is 578. The maximum absolute atomic E-state index is 12.7. The van der Waals surface area contributed by atoms with Gasteiger partial charge in [0, 0.05) is 18.8 Å². The first kappa shape index (κ1) is 16.7. The predicted molar refractivity (Wildman–Crippen MR) is 92.7 cm³/mol. The van der Waals surface area contributed by atoms with Gasteiger partial charge in [-0.05, 0) is 43.7 Å². The molecule has 130 valence electrons. The third kappa shape index (κ3) is 4.04. The maximum Gasteiger partial charge on any atom is 0.315 e. The van der Waals surface area contributed by atoms with Gasteiger partial charge in [-0.25, -0.2) is 4.79 Å². The normalized spacial score (nSPS) is 27.6. The Morgan fingerprint density at radius 1 is 1.25 bits per heavy atom. The molecular formula is C18H26N4O2. The molecule has 6 heteroatoms. The van der Waals surface area contributed by atoms with Gasteiger partial charge in [-0.15, -0.1) is 0 Å². The van der Waals surface area contributed by atoms with Crippen molar-refractivity contribution in [3.8, 4) is 0 Å². The van der Waals surface area contributed by atoms with E-state index >= 15 is 0 Å². The Hall–Kier alpha value is -2.11. The fourth-order valence-electron chi connectivity index (χ4n) is 3.73. The second-order valence-electron chi connectivity index (χ2n) is 6.98. The van der Waals surface area contributed by atoms with Gasteiger partial charge >= 0.3 is 6.03 Å². The Morgan fingerprint density at radius 2 is 2.12 bits per heavy atom. The van der Waals surface area contributed by atoms with Crippen LogP contribution in [0.5, 0.6) is 0 Å². The zero-order chi connectivity index (χ0) is 16.9. The average molecular weight is 330 g/mol. The number of aromatic nitrogens is 1. The van der Waals surface area contributed by atoms with E-state index in [4.69, 9.17) is 0 Å². The van der Waals surface area contributed by atoms with E-state index in [0.29, 0.717) is 18.9 Å². The summed E-state index contributed by atoms with van der Waals surface area (Å²) in [7, 11) is 0. The monoisotopic (exact) mass is 330 g/mol. The first-order valence-corrected chi connectivity index (χ1v) is 8.92. The Balaban J connectivity index is 1.56. The van der Waals surface area contributed by atoms with E-state index in [9.17, 15) is 9.59 Å². The van der Waals surface area contributed by atoms with Crippen LogP contribution in [-0.2, 0) is 4.79 Å². The Kier molecular flexibility index (Phi) is 5.33. The summed E-state index contributed by atoms with van der Waals surface area (Å²) >= 11 is 0. The molecule has 0 unspecified atom stereocenters. The molecule has 1 saturated heterocycles. The lowest BCUT2D eigenvalue weighted by atomic mass is 9.87. The summed E-state index contributed by atoms with van der Waals surface area (Å²) < 4.78 is 0. The van der Waals surface area contributed by atoms with Crippen molar-refractivity contribution < 1.29 is 9.59 Å². The highest BCUT2D eigenvalue weighted by Crippen LogP contribution is 2.23. The van der Waals surface area contributed by atoms with Gasteiger partial charge in [0.15, 0.2) is 0 Å². The van der Waals surface area contributed by atoms with E-state index in [2.05, 4.69) is 22.5 Å². The number of carbonyl (C=O) groups is 2. The second-order valence-corrected chi connectivity index (χ2v) is 6.98. The topological polar surface area (TPSA) is 74.3 Å². The van der Waals surface area contributed by atoms with Gasteiger partial charge < -0.3 is 15.5 Å². The van der Waals surface area contributed by atoms with E-state index in [0.717, 1.165) is 31.4 Å². The summed E-state index contributed by atoms with van der Waals surface area (Å²) in [5, 5.41) is 5.91. The van der Waals surface area contributed by atoms with Crippen LogP contribution in [0, 0.1) is 5.92 Å². The quantitative estimate of drug-likeness (QED) is 0.894. The third-order valence-corrected chi connectivity index (χ3v) is 4.97. The van der Waals surface area contributed by atoms with Crippen LogP contribution in [0.2, 0.25) is 0 Å². The molecule has 1 aliphatic carbocycles. The minimum absolute atomic E-state index is 0.0542. The molecular weight excluding hydrogens is 304 g/mol. The molecule has 3 rings (SSSR count). The summed E-state index contributed by atoms with van der Waals surface area (Å²) in [4.78, 5) is 30.7. The van der Waals surface area contributed by atoms with Crippen molar-refractivity contribution >= 4 is 17.6 Å². The molecule has 0 bridgehead atoms. The molecule has 1 aliphatic heterocycles. The standard InChI is InChI=1S/C18H26N4O2/c1-13-5-2-6-14(11-13)20-18(24)21-16-8-4-10-22(17(16)23)15-7-3-9-19-12-15/h3,7,9,12-14,16H,2,4-6,8,10-11H2,1H3,(H2,20,21,24)/t13-,14+,16-/m1/s1. The van der Waals surface area contributed by atoms with E-state index in [1.54, 1.807) is 17.3 Å². The van der Waals surface area contributed by atoms with Crippen molar-refractivity contribution in [2.45, 2.75) is 57.5 Å². The zero-order valence-electron chi connectivity index (χ0n) is 14.2. The predicted octanol–water partition coefficient (Wildman–Crippen LogP) is 2.45. The van der Waals surface area contributed by atoms with Crippen molar-refractivity contribution in [3.63, 3.8) is 0 Å². The number of piperidine rings is 1. The fourth-order valence-corrected chi connectivity index (χ4v) is 3.73. The van der Waals surface area contributed by atoms with Gasteiger partial charge in [0.1, 0.15) is 6.04 Å². The summed E-state index contributed by atoms with van der Waals surface area (Å²) in [6.07, 6.45) is 9.36. The average Bonchev–Trinajstić information content (AvgIpc) is 2.57. The number of urea groups is 1. The number of amides is 3. The van der Waals surface area contributed by atoms with Gasteiger partial charge in [0.2, 0.25) is 5.91 Å². The van der Waals surface area contributed by atoms with Crippen LogP contribution in [0.25, 0.3) is 0 Å². The van der Waals surface area contributed by atoms with Crippen LogP contribution in [0.15, 0.2) is 24.5 Å². The molecule has 1 aromatic heterocycles. The van der Waals surface area contributed by atoms with E-state index in [1.165, 1.54) is 6.42 Å². The molecule has 0 spiro atoms. The highest BCUT2D eigenvalue weighted by Gasteiger charge is 2.31. The lowest BCUT2D eigenvalue weighted by molar-refractivity contribution is -0.121. The fraction of sp³-hybridized carbons (Fsp3) is 0.611. The van der Waals surface area contributed by atoms with Gasteiger partial charge in [0.05, 0.1) is 11.9 Å². The van der Waals surface area contributed by atoms with Crippen LogP contribution in [0.1, 0.15) is 45.4 Å². The Morgan fingerprint density at radius 3 is 2.88 bits per heavy atom. The van der Waals surface area contributed by atoms with Crippen molar-refractivity contribution in [2.75, 3.05) is 11.4 Å². The minimum atomic E-state index is -0.458. The van der Waals surface area contributed by atoms with Crippen molar-refractivity contribution in [1.29, 1.82) is 0 Å². The summed E-state index contributed by atoms with van der Waals surface area (Å²) in [6, 6.07) is 3.23. The number of hydrogen-bond donors (Lipinski definition) is 2. The van der Waals surface area contributed by atoms with Gasteiger partial charge in [-0.1, -0.05) is 19.8 Å². The lowest BCUT2D eigenvalue weighted by Crippen LogP contribution is -2.55. The van der Waals surface area contributed by atoms with Crippen molar-refractivity contribution in [2.24, 2.45) is 5.92 Å². The summed E-state index contributed by atoms with van der Waals surface area (Å²) in [6.45, 7) is 2.90. The summed E-state index contributed by atoms with van der Waals surface area (Å²) in [5.41, 5.74) is 0.788. The molecule has 3 amide bonds. The molecule has 1 aromatic rings. The van der Waals surface area contributed by atoms with Gasteiger partial charge in [-0.2, -0.15) is 0 Å². The first-order chi connectivity index (χ1) is 11.6. The minimum Gasteiger partial charge on any atom is -0.335 e. The molecule has 1 saturated carbocycles. The number of nitrogens with one attached hydrogen (secondary N) is 2. The van der Waals surface area contributed by atoms with Gasteiger partial charge in [0.25, 0.3) is 0 Å². The highest BCUT2D eigenvalue weighted by molar-refractivity contribution is 5.99. The molecule has 2 N–H and O–H groups in total. The van der Waals surface area contributed by atoms with E-state index in [1.807, 2.05) is 12.1 Å². The van der Waals surface area contributed by atoms with E-state index < -0.39 is 6.04 Å². The second kappa shape index (κ2) is 7.64. The third-order valence-electron chi connectivity index (χ3n) is 4.97. The number of nitrogens with zero attached hydrogens (tertiary/aromatic N) is 2. The molecule has 2 fully saturated rings. The molecule has 0 aromatic carbocycles. The van der Waals surface area contributed by atoms with Crippen LogP contribution < -0.4 is 15.5 Å². The molecule has 2 aliphatic rings. The lowest BCUT2D eigenvalue weighted by Gasteiger charge is -2.33. The number of anilines is 1. The maximum atomic E-state index is 12.7. The van der Waals surface area contributed by atoms with Crippen LogP contribution in [-0.4, -0.2) is 35.6 Å². The van der Waals surface area contributed by atoms with Crippen molar-refractivity contribution in [1.82, 2.24) is 15.6 Å².